The van der Waals surface area contributed by atoms with Gasteiger partial charge in [-0.25, -0.2) is 0 Å². The lowest BCUT2D eigenvalue weighted by molar-refractivity contribution is -0.275. The van der Waals surface area contributed by atoms with E-state index >= 15 is 0 Å². The highest BCUT2D eigenvalue weighted by atomic mass is 19.4. The van der Waals surface area contributed by atoms with Crippen molar-refractivity contribution in [3.63, 3.8) is 0 Å². The van der Waals surface area contributed by atoms with Gasteiger partial charge in [0.15, 0.2) is 0 Å². The van der Waals surface area contributed by atoms with Gasteiger partial charge in [0, 0.05) is 11.8 Å². The average molecular weight is 297 g/mol. The van der Waals surface area contributed by atoms with Crippen LogP contribution in [0, 0.1) is 0 Å². The molecule has 112 valence electrons. The van der Waals surface area contributed by atoms with Gasteiger partial charge in [-0.3, -0.25) is 0 Å². The Morgan fingerprint density at radius 1 is 1.19 bits per heavy atom. The molecule has 21 heavy (non-hydrogen) atoms. The van der Waals surface area contributed by atoms with Gasteiger partial charge in [-0.05, 0) is 24.2 Å². The van der Waals surface area contributed by atoms with E-state index in [2.05, 4.69) is 20.3 Å². The Balaban J connectivity index is 2.41. The summed E-state index contributed by atoms with van der Waals surface area (Å²) in [5.74, 6) is -0.229. The molecule has 0 aliphatic heterocycles. The molecule has 0 spiro atoms. The van der Waals surface area contributed by atoms with Crippen molar-refractivity contribution in [1.82, 2.24) is 15.5 Å². The number of nitrogens with zero attached hydrogens (tertiary/aromatic N) is 2. The SMILES string of the molecule is CCNC(c1ccnnc1)c1ccccc1OC(F)(F)F. The lowest BCUT2D eigenvalue weighted by Gasteiger charge is -2.21. The molecule has 1 heterocycles. The quantitative estimate of drug-likeness (QED) is 0.921. The van der Waals surface area contributed by atoms with Crippen LogP contribution in [0.3, 0.4) is 0 Å². The Morgan fingerprint density at radius 3 is 2.57 bits per heavy atom. The molecule has 1 atom stereocenters. The number of halogens is 3. The number of aromatic nitrogens is 2. The van der Waals surface area contributed by atoms with E-state index in [1.807, 2.05) is 6.92 Å². The predicted molar refractivity (Wildman–Crippen MR) is 70.7 cm³/mol. The second-order valence-corrected chi connectivity index (χ2v) is 4.25. The lowest BCUT2D eigenvalue weighted by Crippen LogP contribution is -2.25. The second-order valence-electron chi connectivity index (χ2n) is 4.25. The molecule has 4 nitrogen and oxygen atoms in total. The molecule has 1 unspecified atom stereocenters. The van der Waals surface area contributed by atoms with E-state index in [4.69, 9.17) is 0 Å². The Bertz CT molecular complexity index is 575. The molecule has 0 fully saturated rings. The van der Waals surface area contributed by atoms with E-state index < -0.39 is 12.4 Å². The van der Waals surface area contributed by atoms with Crippen molar-refractivity contribution < 1.29 is 17.9 Å². The molecular weight excluding hydrogens is 283 g/mol. The van der Waals surface area contributed by atoms with Crippen LogP contribution in [0.25, 0.3) is 0 Å². The first-order chi connectivity index (χ1) is 10.0. The van der Waals surface area contributed by atoms with Gasteiger partial charge in [0.25, 0.3) is 0 Å². The summed E-state index contributed by atoms with van der Waals surface area (Å²) in [4.78, 5) is 0. The third-order valence-electron chi connectivity index (χ3n) is 2.80. The Labute approximate surface area is 120 Å². The Hall–Kier alpha value is -2.15. The molecule has 2 rings (SSSR count). The number of ether oxygens (including phenoxy) is 1. The molecule has 0 radical (unpaired) electrons. The van der Waals surface area contributed by atoms with E-state index in [9.17, 15) is 13.2 Å². The van der Waals surface area contributed by atoms with Crippen LogP contribution in [0.1, 0.15) is 24.1 Å². The van der Waals surface area contributed by atoms with Gasteiger partial charge in [-0.2, -0.15) is 10.2 Å². The monoisotopic (exact) mass is 297 g/mol. The minimum absolute atomic E-state index is 0.229. The summed E-state index contributed by atoms with van der Waals surface area (Å²) >= 11 is 0. The van der Waals surface area contributed by atoms with E-state index in [-0.39, 0.29) is 5.75 Å². The minimum Gasteiger partial charge on any atom is -0.405 e. The van der Waals surface area contributed by atoms with Crippen LogP contribution in [-0.2, 0) is 0 Å². The first-order valence-corrected chi connectivity index (χ1v) is 6.36. The van der Waals surface area contributed by atoms with Gasteiger partial charge in [0.1, 0.15) is 5.75 Å². The highest BCUT2D eigenvalue weighted by Crippen LogP contribution is 2.33. The fraction of sp³-hybridized carbons (Fsp3) is 0.286. The van der Waals surface area contributed by atoms with Crippen LogP contribution < -0.4 is 10.1 Å². The van der Waals surface area contributed by atoms with Crippen molar-refractivity contribution >= 4 is 0 Å². The Morgan fingerprint density at radius 2 is 1.95 bits per heavy atom. The van der Waals surface area contributed by atoms with Crippen molar-refractivity contribution in [2.45, 2.75) is 19.3 Å². The molecule has 1 aromatic heterocycles. The molecule has 0 amide bonds. The number of hydrogen-bond donors (Lipinski definition) is 1. The first-order valence-electron chi connectivity index (χ1n) is 6.36. The zero-order chi connectivity index (χ0) is 15.3. The van der Waals surface area contributed by atoms with E-state index in [0.29, 0.717) is 17.7 Å². The fourth-order valence-corrected chi connectivity index (χ4v) is 2.02. The maximum absolute atomic E-state index is 12.5. The number of nitrogens with one attached hydrogen (secondary N) is 1. The highest BCUT2D eigenvalue weighted by molar-refractivity contribution is 5.40. The number of hydrogen-bond acceptors (Lipinski definition) is 4. The smallest absolute Gasteiger partial charge is 0.405 e. The number of rotatable bonds is 5. The van der Waals surface area contributed by atoms with Crippen LogP contribution in [0.2, 0.25) is 0 Å². The largest absolute Gasteiger partial charge is 0.573 e. The standard InChI is InChI=1S/C14H14F3N3O/c1-2-18-13(10-7-8-19-20-9-10)11-5-3-4-6-12(11)21-14(15,16)17/h3-9,13,18H,2H2,1H3. The number of benzene rings is 1. The van der Waals surface area contributed by atoms with Crippen LogP contribution >= 0.6 is 0 Å². The van der Waals surface area contributed by atoms with Crippen LogP contribution in [-0.4, -0.2) is 23.1 Å². The van der Waals surface area contributed by atoms with Crippen molar-refractivity contribution in [3.05, 3.63) is 53.9 Å². The fourth-order valence-electron chi connectivity index (χ4n) is 2.02. The molecule has 1 aromatic carbocycles. The molecule has 2 aromatic rings. The third-order valence-corrected chi connectivity index (χ3v) is 2.80. The van der Waals surface area contributed by atoms with Crippen LogP contribution in [0.4, 0.5) is 13.2 Å². The predicted octanol–water partition coefficient (Wildman–Crippen LogP) is 3.07. The second kappa shape index (κ2) is 6.53. The van der Waals surface area contributed by atoms with Crippen molar-refractivity contribution in [2.75, 3.05) is 6.54 Å². The van der Waals surface area contributed by atoms with Gasteiger partial charge < -0.3 is 10.1 Å². The number of para-hydroxylation sites is 1. The zero-order valence-electron chi connectivity index (χ0n) is 11.3. The van der Waals surface area contributed by atoms with Crippen molar-refractivity contribution in [3.8, 4) is 5.75 Å². The first kappa shape index (κ1) is 15.2. The summed E-state index contributed by atoms with van der Waals surface area (Å²) in [6.07, 6.45) is -1.73. The van der Waals surface area contributed by atoms with Gasteiger partial charge >= 0.3 is 6.36 Å². The molecule has 0 bridgehead atoms. The third kappa shape index (κ3) is 4.16. The van der Waals surface area contributed by atoms with Gasteiger partial charge in [0.2, 0.25) is 0 Å². The highest BCUT2D eigenvalue weighted by Gasteiger charge is 2.33. The molecule has 0 aliphatic rings. The summed E-state index contributed by atoms with van der Waals surface area (Å²) < 4.78 is 41.6. The molecular formula is C14H14F3N3O. The van der Waals surface area contributed by atoms with Crippen molar-refractivity contribution in [2.24, 2.45) is 0 Å². The summed E-state index contributed by atoms with van der Waals surface area (Å²) in [5.41, 5.74) is 1.11. The van der Waals surface area contributed by atoms with Gasteiger partial charge in [-0.1, -0.05) is 25.1 Å². The van der Waals surface area contributed by atoms with Crippen molar-refractivity contribution in [1.29, 1.82) is 0 Å². The maximum atomic E-state index is 12.5. The minimum atomic E-state index is -4.73. The van der Waals surface area contributed by atoms with Gasteiger partial charge in [0.05, 0.1) is 12.2 Å². The van der Waals surface area contributed by atoms with Crippen LogP contribution in [0.15, 0.2) is 42.7 Å². The van der Waals surface area contributed by atoms with Crippen LogP contribution in [0.5, 0.6) is 5.75 Å². The summed E-state index contributed by atoms with van der Waals surface area (Å²) in [7, 11) is 0. The Kier molecular flexibility index (Phi) is 4.74. The summed E-state index contributed by atoms with van der Waals surface area (Å²) in [6, 6.07) is 7.29. The van der Waals surface area contributed by atoms with E-state index in [1.54, 1.807) is 18.2 Å². The summed E-state index contributed by atoms with van der Waals surface area (Å²) in [6.45, 7) is 2.45. The van der Waals surface area contributed by atoms with E-state index in [0.717, 1.165) is 0 Å². The number of alkyl halides is 3. The van der Waals surface area contributed by atoms with Gasteiger partial charge in [-0.15, -0.1) is 13.2 Å². The topological polar surface area (TPSA) is 47.0 Å². The maximum Gasteiger partial charge on any atom is 0.573 e. The summed E-state index contributed by atoms with van der Waals surface area (Å²) in [5, 5.41) is 10.6. The normalized spacial score (nSPS) is 13.0. The zero-order valence-corrected chi connectivity index (χ0v) is 11.3. The molecule has 7 heteroatoms. The van der Waals surface area contributed by atoms with E-state index in [1.165, 1.54) is 24.5 Å². The molecule has 1 N–H and O–H groups in total. The molecule has 0 saturated carbocycles. The lowest BCUT2D eigenvalue weighted by atomic mass is 9.99. The molecule has 0 saturated heterocycles. The molecule has 0 aliphatic carbocycles. The average Bonchev–Trinajstić information content (AvgIpc) is 2.45.